The van der Waals surface area contributed by atoms with Crippen molar-refractivity contribution in [2.75, 3.05) is 7.11 Å². The van der Waals surface area contributed by atoms with E-state index < -0.39 is 0 Å². The molecule has 1 atom stereocenters. The molecule has 2 nitrogen and oxygen atoms in total. The summed E-state index contributed by atoms with van der Waals surface area (Å²) in [6, 6.07) is 7.58. The summed E-state index contributed by atoms with van der Waals surface area (Å²) in [5.41, 5.74) is 1.04. The number of carbonyl (C=O) groups excluding carboxylic acids is 1. The molecule has 13 heavy (non-hydrogen) atoms. The van der Waals surface area contributed by atoms with Crippen molar-refractivity contribution in [3.63, 3.8) is 0 Å². The van der Waals surface area contributed by atoms with Crippen molar-refractivity contribution in [1.82, 2.24) is 0 Å². The Morgan fingerprint density at radius 1 is 1.31 bits per heavy atom. The standard InChI is InChI=1S/C11H14O2/c1-8(9(2)12)10-4-6-11(13-3)7-5-10/h4-8H,1-3H3/t8-/m0/s1. The molecule has 0 aliphatic rings. The molecule has 0 saturated carbocycles. The molecule has 1 rings (SSSR count). The Morgan fingerprint density at radius 2 is 1.85 bits per heavy atom. The Labute approximate surface area is 78.5 Å². The van der Waals surface area contributed by atoms with E-state index in [1.54, 1.807) is 14.0 Å². The van der Waals surface area contributed by atoms with Crippen LogP contribution in [0.1, 0.15) is 25.3 Å². The zero-order valence-corrected chi connectivity index (χ0v) is 8.20. The molecule has 0 spiro atoms. The smallest absolute Gasteiger partial charge is 0.136 e. The Kier molecular flexibility index (Phi) is 3.07. The summed E-state index contributed by atoms with van der Waals surface area (Å²) in [4.78, 5) is 11.1. The molecule has 0 bridgehead atoms. The van der Waals surface area contributed by atoms with Crippen LogP contribution in [-0.2, 0) is 4.79 Å². The average Bonchev–Trinajstić information content (AvgIpc) is 2.17. The van der Waals surface area contributed by atoms with Crippen LogP contribution in [0.15, 0.2) is 24.3 Å². The number of benzene rings is 1. The maximum Gasteiger partial charge on any atom is 0.136 e. The van der Waals surface area contributed by atoms with Gasteiger partial charge in [0.25, 0.3) is 0 Å². The predicted octanol–water partition coefficient (Wildman–Crippen LogP) is 2.39. The molecule has 0 unspecified atom stereocenters. The number of ketones is 1. The van der Waals surface area contributed by atoms with Crippen LogP contribution >= 0.6 is 0 Å². The fourth-order valence-electron chi connectivity index (χ4n) is 1.13. The van der Waals surface area contributed by atoms with E-state index in [1.807, 2.05) is 31.2 Å². The minimum Gasteiger partial charge on any atom is -0.497 e. The molecule has 1 aromatic rings. The molecular formula is C11H14O2. The van der Waals surface area contributed by atoms with Crippen molar-refractivity contribution in [2.45, 2.75) is 19.8 Å². The fraction of sp³-hybridized carbons (Fsp3) is 0.364. The predicted molar refractivity (Wildman–Crippen MR) is 52.1 cm³/mol. The van der Waals surface area contributed by atoms with E-state index >= 15 is 0 Å². The van der Waals surface area contributed by atoms with Crippen LogP contribution in [0, 0.1) is 0 Å². The lowest BCUT2D eigenvalue weighted by molar-refractivity contribution is -0.118. The Morgan fingerprint density at radius 3 is 2.23 bits per heavy atom. The molecule has 0 radical (unpaired) electrons. The molecular weight excluding hydrogens is 164 g/mol. The summed E-state index contributed by atoms with van der Waals surface area (Å²) in [5.74, 6) is 0.982. The highest BCUT2D eigenvalue weighted by atomic mass is 16.5. The van der Waals surface area contributed by atoms with Gasteiger partial charge < -0.3 is 4.74 Å². The third-order valence-electron chi connectivity index (χ3n) is 2.23. The van der Waals surface area contributed by atoms with E-state index in [0.717, 1.165) is 11.3 Å². The molecule has 0 amide bonds. The van der Waals surface area contributed by atoms with Crippen LogP contribution in [0.5, 0.6) is 5.75 Å². The first-order chi connectivity index (χ1) is 6.15. The van der Waals surface area contributed by atoms with Gasteiger partial charge in [-0.2, -0.15) is 0 Å². The van der Waals surface area contributed by atoms with E-state index in [-0.39, 0.29) is 11.7 Å². The number of Topliss-reactive ketones (excluding diaryl/α,β-unsaturated/α-hetero) is 1. The summed E-state index contributed by atoms with van der Waals surface area (Å²) in [6.07, 6.45) is 0. The lowest BCUT2D eigenvalue weighted by atomic mass is 9.98. The minimum absolute atomic E-state index is 0.0223. The van der Waals surface area contributed by atoms with E-state index in [1.165, 1.54) is 0 Å². The molecule has 2 heteroatoms. The zero-order valence-electron chi connectivity index (χ0n) is 8.20. The molecule has 0 aliphatic heterocycles. The molecule has 0 saturated heterocycles. The molecule has 0 N–H and O–H groups in total. The number of hydrogen-bond donors (Lipinski definition) is 0. The SMILES string of the molecule is COc1ccc([C@@H](C)C(C)=O)cc1. The molecule has 0 aromatic heterocycles. The van der Waals surface area contributed by atoms with Gasteiger partial charge >= 0.3 is 0 Å². The minimum atomic E-state index is -0.0223. The van der Waals surface area contributed by atoms with Crippen molar-refractivity contribution in [3.8, 4) is 5.75 Å². The van der Waals surface area contributed by atoms with Crippen LogP contribution in [-0.4, -0.2) is 12.9 Å². The van der Waals surface area contributed by atoms with Gasteiger partial charge in [-0.15, -0.1) is 0 Å². The first-order valence-corrected chi connectivity index (χ1v) is 4.29. The first kappa shape index (κ1) is 9.78. The van der Waals surface area contributed by atoms with Crippen molar-refractivity contribution >= 4 is 5.78 Å². The van der Waals surface area contributed by atoms with Gasteiger partial charge in [0.15, 0.2) is 0 Å². The van der Waals surface area contributed by atoms with Gasteiger partial charge in [-0.3, -0.25) is 4.79 Å². The molecule has 0 fully saturated rings. The highest BCUT2D eigenvalue weighted by Crippen LogP contribution is 2.19. The van der Waals surface area contributed by atoms with Crippen molar-refractivity contribution < 1.29 is 9.53 Å². The average molecular weight is 178 g/mol. The monoisotopic (exact) mass is 178 g/mol. The van der Waals surface area contributed by atoms with E-state index in [2.05, 4.69) is 0 Å². The summed E-state index contributed by atoms with van der Waals surface area (Å²) in [7, 11) is 1.63. The number of carbonyl (C=O) groups is 1. The van der Waals surface area contributed by atoms with Gasteiger partial charge in [-0.25, -0.2) is 0 Å². The van der Waals surface area contributed by atoms with Gasteiger partial charge in [-0.05, 0) is 24.6 Å². The maximum atomic E-state index is 11.1. The summed E-state index contributed by atoms with van der Waals surface area (Å²) >= 11 is 0. The Hall–Kier alpha value is -1.31. The van der Waals surface area contributed by atoms with E-state index in [0.29, 0.717) is 0 Å². The van der Waals surface area contributed by atoms with Crippen LogP contribution in [0.4, 0.5) is 0 Å². The normalized spacial score (nSPS) is 12.2. The van der Waals surface area contributed by atoms with Crippen molar-refractivity contribution in [2.24, 2.45) is 0 Å². The molecule has 0 aliphatic carbocycles. The summed E-state index contributed by atoms with van der Waals surface area (Å²) in [6.45, 7) is 3.51. The highest BCUT2D eigenvalue weighted by Gasteiger charge is 2.09. The summed E-state index contributed by atoms with van der Waals surface area (Å²) in [5, 5.41) is 0. The second-order valence-corrected chi connectivity index (χ2v) is 3.11. The first-order valence-electron chi connectivity index (χ1n) is 4.29. The maximum absolute atomic E-state index is 11.1. The fourth-order valence-corrected chi connectivity index (χ4v) is 1.13. The van der Waals surface area contributed by atoms with Crippen LogP contribution in [0.25, 0.3) is 0 Å². The van der Waals surface area contributed by atoms with Gasteiger partial charge in [-0.1, -0.05) is 19.1 Å². The highest BCUT2D eigenvalue weighted by molar-refractivity contribution is 5.82. The molecule has 70 valence electrons. The number of methoxy groups -OCH3 is 1. The van der Waals surface area contributed by atoms with Gasteiger partial charge in [0, 0.05) is 5.92 Å². The Balaban J connectivity index is 2.85. The lowest BCUT2D eigenvalue weighted by Crippen LogP contribution is -2.03. The third-order valence-corrected chi connectivity index (χ3v) is 2.23. The molecule has 1 aromatic carbocycles. The van der Waals surface area contributed by atoms with Gasteiger partial charge in [0.05, 0.1) is 7.11 Å². The van der Waals surface area contributed by atoms with Gasteiger partial charge in [0.1, 0.15) is 11.5 Å². The largest absolute Gasteiger partial charge is 0.497 e. The molecule has 0 heterocycles. The second-order valence-electron chi connectivity index (χ2n) is 3.11. The van der Waals surface area contributed by atoms with Crippen LogP contribution in [0.2, 0.25) is 0 Å². The quantitative estimate of drug-likeness (QED) is 0.710. The number of hydrogen-bond acceptors (Lipinski definition) is 2. The van der Waals surface area contributed by atoms with Crippen molar-refractivity contribution in [1.29, 1.82) is 0 Å². The number of rotatable bonds is 3. The Bertz CT molecular complexity index is 287. The van der Waals surface area contributed by atoms with E-state index in [4.69, 9.17) is 4.74 Å². The van der Waals surface area contributed by atoms with E-state index in [9.17, 15) is 4.79 Å². The summed E-state index contributed by atoms with van der Waals surface area (Å²) < 4.78 is 5.02. The topological polar surface area (TPSA) is 26.3 Å². The van der Waals surface area contributed by atoms with Crippen molar-refractivity contribution in [3.05, 3.63) is 29.8 Å². The van der Waals surface area contributed by atoms with Crippen LogP contribution < -0.4 is 4.74 Å². The van der Waals surface area contributed by atoms with Gasteiger partial charge in [0.2, 0.25) is 0 Å². The van der Waals surface area contributed by atoms with Crippen LogP contribution in [0.3, 0.4) is 0 Å². The third kappa shape index (κ3) is 2.31. The zero-order chi connectivity index (χ0) is 9.84. The lowest BCUT2D eigenvalue weighted by Gasteiger charge is -2.08. The second kappa shape index (κ2) is 4.08. The number of ether oxygens (including phenoxy) is 1.